The van der Waals surface area contributed by atoms with E-state index < -0.39 is 6.04 Å². The first-order valence-corrected chi connectivity index (χ1v) is 9.66. The van der Waals surface area contributed by atoms with Crippen LogP contribution in [0.1, 0.15) is 24.1 Å². The van der Waals surface area contributed by atoms with Gasteiger partial charge in [-0.2, -0.15) is 0 Å². The molecule has 2 aromatic rings. The van der Waals surface area contributed by atoms with Crippen molar-refractivity contribution < 1.29 is 14.3 Å². The summed E-state index contributed by atoms with van der Waals surface area (Å²) in [5, 5.41) is 3.03. The van der Waals surface area contributed by atoms with Crippen molar-refractivity contribution in [2.75, 3.05) is 38.1 Å². The SMILES string of the molecule is CCOC(=O)N1CCN([C@H](C(=O)Nc2ccc(C)cc2)c2ccccc2)CC1. The van der Waals surface area contributed by atoms with Gasteiger partial charge in [0.25, 0.3) is 0 Å². The average Bonchev–Trinajstić information content (AvgIpc) is 2.71. The van der Waals surface area contributed by atoms with Crippen molar-refractivity contribution in [1.82, 2.24) is 9.80 Å². The molecule has 0 radical (unpaired) electrons. The third kappa shape index (κ3) is 4.89. The van der Waals surface area contributed by atoms with E-state index in [1.807, 2.05) is 61.5 Å². The maximum absolute atomic E-state index is 13.2. The van der Waals surface area contributed by atoms with Gasteiger partial charge in [0.15, 0.2) is 0 Å². The minimum atomic E-state index is -0.410. The normalized spacial score (nSPS) is 15.7. The van der Waals surface area contributed by atoms with Crippen LogP contribution in [0.2, 0.25) is 0 Å². The fourth-order valence-corrected chi connectivity index (χ4v) is 3.39. The highest BCUT2D eigenvalue weighted by molar-refractivity contribution is 5.95. The second kappa shape index (κ2) is 9.37. The molecule has 1 saturated heterocycles. The number of rotatable bonds is 5. The zero-order valence-corrected chi connectivity index (χ0v) is 16.4. The third-order valence-corrected chi connectivity index (χ3v) is 4.89. The number of amides is 2. The summed E-state index contributed by atoms with van der Waals surface area (Å²) in [6.45, 7) is 6.49. The van der Waals surface area contributed by atoms with E-state index in [1.54, 1.807) is 11.8 Å². The first-order chi connectivity index (χ1) is 13.6. The van der Waals surface area contributed by atoms with Gasteiger partial charge < -0.3 is 15.0 Å². The zero-order valence-electron chi connectivity index (χ0n) is 16.4. The molecule has 1 N–H and O–H groups in total. The van der Waals surface area contributed by atoms with E-state index in [-0.39, 0.29) is 12.0 Å². The summed E-state index contributed by atoms with van der Waals surface area (Å²) in [5.74, 6) is -0.0698. The number of ether oxygens (including phenoxy) is 1. The van der Waals surface area contributed by atoms with Gasteiger partial charge >= 0.3 is 6.09 Å². The minimum absolute atomic E-state index is 0.0698. The number of hydrogen-bond donors (Lipinski definition) is 1. The van der Waals surface area contributed by atoms with E-state index >= 15 is 0 Å². The fraction of sp³-hybridized carbons (Fsp3) is 0.364. The van der Waals surface area contributed by atoms with E-state index in [0.29, 0.717) is 32.8 Å². The van der Waals surface area contributed by atoms with Crippen LogP contribution in [0, 0.1) is 6.92 Å². The van der Waals surface area contributed by atoms with E-state index in [9.17, 15) is 9.59 Å². The lowest BCUT2D eigenvalue weighted by Crippen LogP contribution is -2.51. The Morgan fingerprint density at radius 2 is 1.64 bits per heavy atom. The van der Waals surface area contributed by atoms with E-state index in [1.165, 1.54) is 0 Å². The molecule has 3 rings (SSSR count). The number of aryl methyl sites for hydroxylation is 1. The third-order valence-electron chi connectivity index (χ3n) is 4.89. The second-order valence-electron chi connectivity index (χ2n) is 6.89. The van der Waals surface area contributed by atoms with Crippen molar-refractivity contribution in [2.24, 2.45) is 0 Å². The van der Waals surface area contributed by atoms with Gasteiger partial charge in [-0.25, -0.2) is 4.79 Å². The van der Waals surface area contributed by atoms with Crippen molar-refractivity contribution in [2.45, 2.75) is 19.9 Å². The molecular weight excluding hydrogens is 354 g/mol. The quantitative estimate of drug-likeness (QED) is 0.862. The molecule has 1 aliphatic heterocycles. The molecule has 1 fully saturated rings. The van der Waals surface area contributed by atoms with Gasteiger partial charge in [0.2, 0.25) is 5.91 Å². The maximum Gasteiger partial charge on any atom is 0.409 e. The first kappa shape index (κ1) is 19.9. The van der Waals surface area contributed by atoms with Gasteiger partial charge in [0, 0.05) is 31.9 Å². The Balaban J connectivity index is 1.74. The second-order valence-corrected chi connectivity index (χ2v) is 6.89. The Labute approximate surface area is 166 Å². The summed E-state index contributed by atoms with van der Waals surface area (Å²) >= 11 is 0. The molecule has 148 valence electrons. The number of benzene rings is 2. The minimum Gasteiger partial charge on any atom is -0.450 e. The van der Waals surface area contributed by atoms with Crippen LogP contribution in [0.5, 0.6) is 0 Å². The molecule has 0 saturated carbocycles. The van der Waals surface area contributed by atoms with Crippen LogP contribution in [0.3, 0.4) is 0 Å². The molecule has 1 atom stereocenters. The van der Waals surface area contributed by atoms with Gasteiger partial charge in [0.1, 0.15) is 6.04 Å². The Morgan fingerprint density at radius 1 is 1.00 bits per heavy atom. The maximum atomic E-state index is 13.2. The summed E-state index contributed by atoms with van der Waals surface area (Å²) in [6.07, 6.45) is -0.289. The number of carbonyl (C=O) groups excluding carboxylic acids is 2. The van der Waals surface area contributed by atoms with Crippen molar-refractivity contribution in [3.05, 3.63) is 65.7 Å². The molecule has 0 aliphatic carbocycles. The number of anilines is 1. The van der Waals surface area contributed by atoms with Crippen LogP contribution < -0.4 is 5.32 Å². The Bertz CT molecular complexity index is 784. The Morgan fingerprint density at radius 3 is 2.25 bits per heavy atom. The van der Waals surface area contributed by atoms with Crippen LogP contribution in [0.25, 0.3) is 0 Å². The predicted octanol–water partition coefficient (Wildman–Crippen LogP) is 3.45. The van der Waals surface area contributed by atoms with Crippen LogP contribution in [0.4, 0.5) is 10.5 Å². The molecule has 1 aliphatic rings. The molecule has 0 spiro atoms. The zero-order chi connectivity index (χ0) is 19.9. The number of carbonyl (C=O) groups is 2. The van der Waals surface area contributed by atoms with Gasteiger partial charge in [-0.15, -0.1) is 0 Å². The predicted molar refractivity (Wildman–Crippen MR) is 109 cm³/mol. The van der Waals surface area contributed by atoms with Crippen molar-refractivity contribution in [3.63, 3.8) is 0 Å². The largest absolute Gasteiger partial charge is 0.450 e. The van der Waals surface area contributed by atoms with Crippen LogP contribution in [0.15, 0.2) is 54.6 Å². The number of nitrogens with zero attached hydrogens (tertiary/aromatic N) is 2. The highest BCUT2D eigenvalue weighted by Gasteiger charge is 2.32. The molecule has 2 aromatic carbocycles. The Kier molecular flexibility index (Phi) is 6.66. The molecule has 1 heterocycles. The lowest BCUT2D eigenvalue weighted by molar-refractivity contribution is -0.122. The van der Waals surface area contributed by atoms with Crippen molar-refractivity contribution in [3.8, 4) is 0 Å². The molecule has 0 bridgehead atoms. The first-order valence-electron chi connectivity index (χ1n) is 9.66. The molecule has 0 unspecified atom stereocenters. The smallest absolute Gasteiger partial charge is 0.409 e. The van der Waals surface area contributed by atoms with Crippen LogP contribution in [-0.2, 0) is 9.53 Å². The highest BCUT2D eigenvalue weighted by Crippen LogP contribution is 2.24. The summed E-state index contributed by atoms with van der Waals surface area (Å²) in [6, 6.07) is 17.1. The van der Waals surface area contributed by atoms with E-state index in [2.05, 4.69) is 10.2 Å². The highest BCUT2D eigenvalue weighted by atomic mass is 16.6. The molecule has 6 heteroatoms. The van der Waals surface area contributed by atoms with Crippen LogP contribution >= 0.6 is 0 Å². The van der Waals surface area contributed by atoms with Crippen LogP contribution in [-0.4, -0.2) is 54.6 Å². The average molecular weight is 381 g/mol. The molecule has 0 aromatic heterocycles. The number of nitrogens with one attached hydrogen (secondary N) is 1. The van der Waals surface area contributed by atoms with Gasteiger partial charge in [0.05, 0.1) is 6.61 Å². The Hall–Kier alpha value is -2.86. The van der Waals surface area contributed by atoms with E-state index in [4.69, 9.17) is 4.74 Å². The molecule has 6 nitrogen and oxygen atoms in total. The van der Waals surface area contributed by atoms with Gasteiger partial charge in [-0.3, -0.25) is 9.69 Å². The fourth-order valence-electron chi connectivity index (χ4n) is 3.39. The summed E-state index contributed by atoms with van der Waals surface area (Å²) < 4.78 is 5.09. The summed E-state index contributed by atoms with van der Waals surface area (Å²) in [5.41, 5.74) is 2.87. The van der Waals surface area contributed by atoms with Gasteiger partial charge in [-0.1, -0.05) is 48.0 Å². The van der Waals surface area contributed by atoms with E-state index in [0.717, 1.165) is 16.8 Å². The lowest BCUT2D eigenvalue weighted by Gasteiger charge is -2.38. The monoisotopic (exact) mass is 381 g/mol. The molecule has 2 amide bonds. The summed E-state index contributed by atoms with van der Waals surface area (Å²) in [7, 11) is 0. The number of hydrogen-bond acceptors (Lipinski definition) is 4. The van der Waals surface area contributed by atoms with Crippen molar-refractivity contribution >= 4 is 17.7 Å². The molecule has 28 heavy (non-hydrogen) atoms. The lowest BCUT2D eigenvalue weighted by atomic mass is 10.0. The standard InChI is InChI=1S/C22H27N3O3/c1-3-28-22(27)25-15-13-24(14-16-25)20(18-7-5-4-6-8-18)21(26)23-19-11-9-17(2)10-12-19/h4-12,20H,3,13-16H2,1-2H3,(H,23,26)/t20-/m0/s1. The molecular formula is C22H27N3O3. The van der Waals surface area contributed by atoms with Crippen molar-refractivity contribution in [1.29, 1.82) is 0 Å². The topological polar surface area (TPSA) is 61.9 Å². The summed E-state index contributed by atoms with van der Waals surface area (Å²) in [4.78, 5) is 28.9. The number of piperazine rings is 1. The van der Waals surface area contributed by atoms with Gasteiger partial charge in [-0.05, 0) is 31.5 Å².